The van der Waals surface area contributed by atoms with Gasteiger partial charge in [-0.1, -0.05) is 32.1 Å². The first-order valence-electron chi connectivity index (χ1n) is 10.0. The highest BCUT2D eigenvalue weighted by molar-refractivity contribution is 5.83. The first kappa shape index (κ1) is 18.7. The van der Waals surface area contributed by atoms with Gasteiger partial charge in [0.2, 0.25) is 0 Å². The second-order valence-electron chi connectivity index (χ2n) is 7.77. The van der Waals surface area contributed by atoms with Gasteiger partial charge in [0.15, 0.2) is 11.5 Å². The summed E-state index contributed by atoms with van der Waals surface area (Å²) in [5.74, 6) is 2.17. The van der Waals surface area contributed by atoms with E-state index in [-0.39, 0.29) is 17.1 Å². The van der Waals surface area contributed by atoms with Crippen LogP contribution in [0, 0.1) is 19.8 Å². The topological polar surface area (TPSA) is 72.8 Å². The highest BCUT2D eigenvalue weighted by atomic mass is 16.5. The number of furan rings is 1. The molecule has 1 N–H and O–H groups in total. The first-order chi connectivity index (χ1) is 13.5. The molecule has 28 heavy (non-hydrogen) atoms. The third-order valence-corrected chi connectivity index (χ3v) is 5.79. The SMILES string of the molecule is Cc1c(-c2cc3ccc(OCCC4CCCCC4)cc3o2)oc(=O)c(C)c1O. The summed E-state index contributed by atoms with van der Waals surface area (Å²) in [7, 11) is 0. The molecule has 0 atom stereocenters. The van der Waals surface area contributed by atoms with Gasteiger partial charge in [-0.2, -0.15) is 0 Å². The van der Waals surface area contributed by atoms with E-state index in [9.17, 15) is 9.90 Å². The van der Waals surface area contributed by atoms with Crippen molar-refractivity contribution in [1.82, 2.24) is 0 Å². The monoisotopic (exact) mass is 382 g/mol. The van der Waals surface area contributed by atoms with Crippen molar-refractivity contribution in [3.63, 3.8) is 0 Å². The molecule has 148 valence electrons. The molecule has 4 rings (SSSR count). The van der Waals surface area contributed by atoms with E-state index >= 15 is 0 Å². The van der Waals surface area contributed by atoms with Crippen LogP contribution in [0.5, 0.6) is 11.5 Å². The molecule has 0 unspecified atom stereocenters. The number of hydrogen-bond donors (Lipinski definition) is 1. The Morgan fingerprint density at radius 1 is 1.07 bits per heavy atom. The van der Waals surface area contributed by atoms with Crippen LogP contribution >= 0.6 is 0 Å². The molecule has 1 aliphatic carbocycles. The summed E-state index contributed by atoms with van der Waals surface area (Å²) in [6.07, 6.45) is 7.78. The van der Waals surface area contributed by atoms with E-state index < -0.39 is 5.63 Å². The molecular weight excluding hydrogens is 356 g/mol. The zero-order valence-electron chi connectivity index (χ0n) is 16.4. The van der Waals surface area contributed by atoms with Crippen molar-refractivity contribution in [2.24, 2.45) is 5.92 Å². The van der Waals surface area contributed by atoms with Gasteiger partial charge >= 0.3 is 5.63 Å². The van der Waals surface area contributed by atoms with Gasteiger partial charge in [0.25, 0.3) is 0 Å². The molecule has 2 heterocycles. The van der Waals surface area contributed by atoms with Gasteiger partial charge in [0.05, 0.1) is 12.2 Å². The Bertz CT molecular complexity index is 1040. The largest absolute Gasteiger partial charge is 0.507 e. The summed E-state index contributed by atoms with van der Waals surface area (Å²) in [5, 5.41) is 11.0. The van der Waals surface area contributed by atoms with Crippen molar-refractivity contribution in [2.45, 2.75) is 52.4 Å². The van der Waals surface area contributed by atoms with Crippen molar-refractivity contribution in [3.8, 4) is 23.0 Å². The van der Waals surface area contributed by atoms with Crippen molar-refractivity contribution in [1.29, 1.82) is 0 Å². The lowest BCUT2D eigenvalue weighted by atomic mass is 9.87. The highest BCUT2D eigenvalue weighted by Gasteiger charge is 2.18. The lowest BCUT2D eigenvalue weighted by molar-refractivity contribution is 0.246. The highest BCUT2D eigenvalue weighted by Crippen LogP contribution is 2.35. The molecule has 1 fully saturated rings. The molecule has 0 radical (unpaired) electrons. The molecule has 1 saturated carbocycles. The molecule has 1 aliphatic rings. The van der Waals surface area contributed by atoms with Crippen LogP contribution in [0.1, 0.15) is 49.7 Å². The third kappa shape index (κ3) is 3.66. The summed E-state index contributed by atoms with van der Waals surface area (Å²) in [6.45, 7) is 3.95. The van der Waals surface area contributed by atoms with E-state index in [4.69, 9.17) is 13.6 Å². The second kappa shape index (κ2) is 7.74. The molecule has 0 amide bonds. The summed E-state index contributed by atoms with van der Waals surface area (Å²) in [5.41, 5.74) is 0.781. The van der Waals surface area contributed by atoms with E-state index in [1.165, 1.54) is 39.0 Å². The lowest BCUT2D eigenvalue weighted by Crippen LogP contribution is -2.10. The minimum Gasteiger partial charge on any atom is -0.507 e. The average Bonchev–Trinajstić information content (AvgIpc) is 3.13. The number of aromatic hydroxyl groups is 1. The van der Waals surface area contributed by atoms with Crippen molar-refractivity contribution in [2.75, 3.05) is 6.61 Å². The predicted octanol–water partition coefficient (Wildman–Crippen LogP) is 5.72. The Balaban J connectivity index is 1.53. The fourth-order valence-corrected chi connectivity index (χ4v) is 4.00. The number of rotatable bonds is 5. The maximum absolute atomic E-state index is 11.9. The molecule has 5 heteroatoms. The molecule has 5 nitrogen and oxygen atoms in total. The number of fused-ring (bicyclic) bond motifs is 1. The van der Waals surface area contributed by atoms with Crippen LogP contribution in [0.2, 0.25) is 0 Å². The minimum absolute atomic E-state index is 0.0570. The van der Waals surface area contributed by atoms with Gasteiger partial charge in [-0.3, -0.25) is 0 Å². The Morgan fingerprint density at radius 3 is 2.64 bits per heavy atom. The molecule has 0 aliphatic heterocycles. The van der Waals surface area contributed by atoms with E-state index in [2.05, 4.69) is 0 Å². The van der Waals surface area contributed by atoms with Gasteiger partial charge in [-0.25, -0.2) is 4.79 Å². The zero-order valence-corrected chi connectivity index (χ0v) is 16.4. The Hall–Kier alpha value is -2.69. The molecule has 3 aromatic rings. The Labute approximate surface area is 163 Å². The van der Waals surface area contributed by atoms with Crippen LogP contribution in [-0.4, -0.2) is 11.7 Å². The van der Waals surface area contributed by atoms with Crippen molar-refractivity contribution in [3.05, 3.63) is 45.8 Å². The van der Waals surface area contributed by atoms with Gasteiger partial charge < -0.3 is 18.7 Å². The minimum atomic E-state index is -0.565. The summed E-state index contributed by atoms with van der Waals surface area (Å²) >= 11 is 0. The van der Waals surface area contributed by atoms with Gasteiger partial charge in [0.1, 0.15) is 17.1 Å². The van der Waals surface area contributed by atoms with E-state index in [1.54, 1.807) is 13.0 Å². The average molecular weight is 382 g/mol. The third-order valence-electron chi connectivity index (χ3n) is 5.79. The van der Waals surface area contributed by atoms with Gasteiger partial charge in [-0.15, -0.1) is 0 Å². The number of hydrogen-bond acceptors (Lipinski definition) is 5. The standard InChI is InChI=1S/C23H26O5/c1-14-21(24)15(2)23(25)28-22(14)20-12-17-8-9-18(13-19(17)27-20)26-11-10-16-6-4-3-5-7-16/h8-9,12-13,16,24H,3-7,10-11H2,1-2H3. The van der Waals surface area contributed by atoms with E-state index in [1.807, 2.05) is 18.2 Å². The predicted molar refractivity (Wildman–Crippen MR) is 108 cm³/mol. The van der Waals surface area contributed by atoms with Gasteiger partial charge in [-0.05, 0) is 44.4 Å². The van der Waals surface area contributed by atoms with Crippen LogP contribution in [0.4, 0.5) is 0 Å². The Morgan fingerprint density at radius 2 is 1.86 bits per heavy atom. The normalized spacial score (nSPS) is 15.2. The van der Waals surface area contributed by atoms with E-state index in [0.717, 1.165) is 23.5 Å². The fraction of sp³-hybridized carbons (Fsp3) is 0.435. The van der Waals surface area contributed by atoms with Crippen LogP contribution in [0.25, 0.3) is 22.5 Å². The first-order valence-corrected chi connectivity index (χ1v) is 10.0. The summed E-state index contributed by atoms with van der Waals surface area (Å²) < 4.78 is 17.2. The fourth-order valence-electron chi connectivity index (χ4n) is 4.00. The molecular formula is C23H26O5. The maximum Gasteiger partial charge on any atom is 0.343 e. The molecule has 2 aromatic heterocycles. The summed E-state index contributed by atoms with van der Waals surface area (Å²) in [4.78, 5) is 11.9. The second-order valence-corrected chi connectivity index (χ2v) is 7.77. The number of benzene rings is 1. The molecule has 0 saturated heterocycles. The Kier molecular flexibility index (Phi) is 5.16. The van der Waals surface area contributed by atoms with Crippen LogP contribution in [0.15, 0.2) is 37.9 Å². The van der Waals surface area contributed by atoms with Crippen LogP contribution < -0.4 is 10.4 Å². The number of ether oxygens (including phenoxy) is 1. The van der Waals surface area contributed by atoms with Crippen molar-refractivity contribution >= 4 is 11.0 Å². The lowest BCUT2D eigenvalue weighted by Gasteiger charge is -2.21. The quantitative estimate of drug-likeness (QED) is 0.610. The zero-order chi connectivity index (χ0) is 19.7. The van der Waals surface area contributed by atoms with Crippen LogP contribution in [0.3, 0.4) is 0 Å². The van der Waals surface area contributed by atoms with E-state index in [0.29, 0.717) is 23.5 Å². The maximum atomic E-state index is 11.9. The molecule has 0 bridgehead atoms. The summed E-state index contributed by atoms with van der Waals surface area (Å²) in [6, 6.07) is 7.53. The van der Waals surface area contributed by atoms with Gasteiger partial charge in [0, 0.05) is 17.0 Å². The smallest absolute Gasteiger partial charge is 0.343 e. The van der Waals surface area contributed by atoms with Crippen molar-refractivity contribution < 1.29 is 18.7 Å². The molecule has 0 spiro atoms. The van der Waals surface area contributed by atoms with Crippen LogP contribution in [-0.2, 0) is 0 Å². The molecule has 1 aromatic carbocycles.